The number of benzene rings is 2. The predicted octanol–water partition coefficient (Wildman–Crippen LogP) is 2.48. The summed E-state index contributed by atoms with van der Waals surface area (Å²) < 4.78 is 27.0. The molecule has 1 atom stereocenters. The van der Waals surface area contributed by atoms with E-state index in [4.69, 9.17) is 17.3 Å². The van der Waals surface area contributed by atoms with Gasteiger partial charge < -0.3 is 11.1 Å². The van der Waals surface area contributed by atoms with Crippen LogP contribution >= 0.6 is 11.6 Å². The molecule has 0 bridgehead atoms. The van der Waals surface area contributed by atoms with Crippen molar-refractivity contribution in [2.45, 2.75) is 17.7 Å². The molecule has 7 nitrogen and oxygen atoms in total. The summed E-state index contributed by atoms with van der Waals surface area (Å²) >= 11 is 5.83. The zero-order chi connectivity index (χ0) is 20.3. The minimum Gasteiger partial charge on any atom is -0.366 e. The summed E-state index contributed by atoms with van der Waals surface area (Å²) in [6.07, 6.45) is 1.11. The Bertz CT molecular complexity index is 992. The van der Waals surface area contributed by atoms with Crippen LogP contribution in [0.4, 0.5) is 5.69 Å². The molecule has 1 saturated heterocycles. The molecule has 148 valence electrons. The molecule has 0 radical (unpaired) electrons. The van der Waals surface area contributed by atoms with Crippen molar-refractivity contribution in [3.05, 3.63) is 59.1 Å². The van der Waals surface area contributed by atoms with Crippen LogP contribution in [0.2, 0.25) is 5.02 Å². The third kappa shape index (κ3) is 4.35. The largest absolute Gasteiger partial charge is 0.366 e. The van der Waals surface area contributed by atoms with Crippen molar-refractivity contribution in [2.75, 3.05) is 18.4 Å². The van der Waals surface area contributed by atoms with E-state index in [2.05, 4.69) is 5.32 Å². The van der Waals surface area contributed by atoms with Gasteiger partial charge in [-0.25, -0.2) is 8.42 Å². The molecule has 0 aromatic heterocycles. The van der Waals surface area contributed by atoms with E-state index < -0.39 is 21.8 Å². The molecule has 2 aromatic rings. The molecule has 28 heavy (non-hydrogen) atoms. The summed E-state index contributed by atoms with van der Waals surface area (Å²) in [5.41, 5.74) is 5.86. The number of para-hydroxylation sites is 1. The van der Waals surface area contributed by atoms with E-state index in [9.17, 15) is 18.0 Å². The van der Waals surface area contributed by atoms with Crippen LogP contribution in [0.1, 0.15) is 23.2 Å². The van der Waals surface area contributed by atoms with Gasteiger partial charge in [-0.1, -0.05) is 23.7 Å². The van der Waals surface area contributed by atoms with Crippen LogP contribution in [-0.4, -0.2) is 37.6 Å². The zero-order valence-electron chi connectivity index (χ0n) is 15.0. The van der Waals surface area contributed by atoms with Crippen LogP contribution in [0.15, 0.2) is 53.4 Å². The Balaban J connectivity index is 1.75. The molecule has 0 unspecified atom stereocenters. The zero-order valence-corrected chi connectivity index (χ0v) is 16.5. The maximum Gasteiger partial charge on any atom is 0.250 e. The number of carbonyl (C=O) groups is 2. The molecule has 2 aromatic carbocycles. The molecule has 1 heterocycles. The van der Waals surface area contributed by atoms with Crippen LogP contribution in [0, 0.1) is 5.92 Å². The van der Waals surface area contributed by atoms with E-state index in [-0.39, 0.29) is 22.9 Å². The Morgan fingerprint density at radius 1 is 1.11 bits per heavy atom. The van der Waals surface area contributed by atoms with Gasteiger partial charge in [0.05, 0.1) is 22.1 Å². The summed E-state index contributed by atoms with van der Waals surface area (Å²) in [6, 6.07) is 12.4. The number of hydrogen-bond acceptors (Lipinski definition) is 4. The van der Waals surface area contributed by atoms with Gasteiger partial charge in [-0.05, 0) is 49.2 Å². The molecule has 1 fully saturated rings. The number of hydrogen-bond donors (Lipinski definition) is 2. The smallest absolute Gasteiger partial charge is 0.250 e. The minimum absolute atomic E-state index is 0.0650. The van der Waals surface area contributed by atoms with Crippen molar-refractivity contribution < 1.29 is 18.0 Å². The van der Waals surface area contributed by atoms with Gasteiger partial charge >= 0.3 is 0 Å². The molecule has 0 saturated carbocycles. The SMILES string of the molecule is NC(=O)c1ccccc1NC(=O)[C@@H]1CCCN(S(=O)(=O)c2ccc(Cl)cc2)C1. The van der Waals surface area contributed by atoms with E-state index in [1.165, 1.54) is 34.6 Å². The number of rotatable bonds is 5. The predicted molar refractivity (Wildman–Crippen MR) is 107 cm³/mol. The van der Waals surface area contributed by atoms with Gasteiger partial charge in [0, 0.05) is 18.1 Å². The molecular formula is C19H20ClN3O4S. The number of nitrogens with two attached hydrogens (primary N) is 1. The highest BCUT2D eigenvalue weighted by Gasteiger charge is 2.33. The summed E-state index contributed by atoms with van der Waals surface area (Å²) in [5.74, 6) is -1.52. The Morgan fingerprint density at radius 3 is 2.46 bits per heavy atom. The number of nitrogens with one attached hydrogen (secondary N) is 1. The van der Waals surface area contributed by atoms with E-state index in [0.29, 0.717) is 30.1 Å². The van der Waals surface area contributed by atoms with Crippen molar-refractivity contribution >= 4 is 39.1 Å². The van der Waals surface area contributed by atoms with Crippen molar-refractivity contribution in [1.29, 1.82) is 0 Å². The number of amides is 2. The van der Waals surface area contributed by atoms with Crippen molar-refractivity contribution in [3.63, 3.8) is 0 Å². The monoisotopic (exact) mass is 421 g/mol. The average Bonchev–Trinajstić information content (AvgIpc) is 2.68. The Morgan fingerprint density at radius 2 is 1.79 bits per heavy atom. The topological polar surface area (TPSA) is 110 Å². The van der Waals surface area contributed by atoms with Gasteiger partial charge in [-0.2, -0.15) is 4.31 Å². The van der Waals surface area contributed by atoms with Gasteiger partial charge in [-0.3, -0.25) is 9.59 Å². The molecule has 0 aliphatic carbocycles. The highest BCUT2D eigenvalue weighted by molar-refractivity contribution is 7.89. The second kappa shape index (κ2) is 8.30. The fourth-order valence-electron chi connectivity index (χ4n) is 3.17. The molecule has 3 rings (SSSR count). The van der Waals surface area contributed by atoms with Crippen LogP contribution in [0.3, 0.4) is 0 Å². The first-order valence-electron chi connectivity index (χ1n) is 8.74. The molecule has 9 heteroatoms. The minimum atomic E-state index is -3.72. The highest BCUT2D eigenvalue weighted by Crippen LogP contribution is 2.26. The van der Waals surface area contributed by atoms with E-state index in [1.54, 1.807) is 18.2 Å². The van der Waals surface area contributed by atoms with E-state index in [0.717, 1.165) is 0 Å². The van der Waals surface area contributed by atoms with E-state index >= 15 is 0 Å². The number of primary amides is 1. The van der Waals surface area contributed by atoms with Crippen molar-refractivity contribution in [3.8, 4) is 0 Å². The second-order valence-electron chi connectivity index (χ2n) is 6.56. The van der Waals surface area contributed by atoms with Gasteiger partial charge in [0.2, 0.25) is 15.9 Å². The number of piperidine rings is 1. The second-order valence-corrected chi connectivity index (χ2v) is 8.93. The standard InChI is InChI=1S/C19H20ClN3O4S/c20-14-7-9-15(10-8-14)28(26,27)23-11-3-4-13(12-23)19(25)22-17-6-2-1-5-16(17)18(21)24/h1-2,5-10,13H,3-4,11-12H2,(H2,21,24)(H,22,25)/t13-/m1/s1. The summed E-state index contributed by atoms with van der Waals surface area (Å²) in [4.78, 5) is 24.3. The summed E-state index contributed by atoms with van der Waals surface area (Å²) in [5, 5.41) is 3.15. The van der Waals surface area contributed by atoms with Crippen molar-refractivity contribution in [2.24, 2.45) is 11.7 Å². The molecule has 3 N–H and O–H groups in total. The number of carbonyl (C=O) groups excluding carboxylic acids is 2. The molecule has 0 spiro atoms. The van der Waals surface area contributed by atoms with Crippen molar-refractivity contribution in [1.82, 2.24) is 4.31 Å². The Labute approximate surface area is 168 Å². The van der Waals surface area contributed by atoms with Gasteiger partial charge in [0.25, 0.3) is 5.91 Å². The first-order valence-corrected chi connectivity index (χ1v) is 10.6. The van der Waals surface area contributed by atoms with Gasteiger partial charge in [0.15, 0.2) is 0 Å². The third-order valence-corrected chi connectivity index (χ3v) is 6.79. The fraction of sp³-hybridized carbons (Fsp3) is 0.263. The molecule has 2 amide bonds. The summed E-state index contributed by atoms with van der Waals surface area (Å²) in [6.45, 7) is 0.405. The Hall–Kier alpha value is -2.42. The van der Waals surface area contributed by atoms with Gasteiger partial charge in [-0.15, -0.1) is 0 Å². The van der Waals surface area contributed by atoms with Crippen LogP contribution in [0.25, 0.3) is 0 Å². The first-order chi connectivity index (χ1) is 13.3. The Kier molecular flexibility index (Phi) is 6.02. The normalized spacial score (nSPS) is 17.8. The maximum atomic E-state index is 12.9. The number of halogens is 1. The summed E-state index contributed by atoms with van der Waals surface area (Å²) in [7, 11) is -3.72. The molecular weight excluding hydrogens is 402 g/mol. The van der Waals surface area contributed by atoms with E-state index in [1.807, 2.05) is 0 Å². The lowest BCUT2D eigenvalue weighted by atomic mass is 9.98. The van der Waals surface area contributed by atoms with Crippen LogP contribution in [-0.2, 0) is 14.8 Å². The molecule has 1 aliphatic rings. The van der Waals surface area contributed by atoms with Crippen LogP contribution < -0.4 is 11.1 Å². The molecule has 1 aliphatic heterocycles. The highest BCUT2D eigenvalue weighted by atomic mass is 35.5. The lowest BCUT2D eigenvalue weighted by Crippen LogP contribution is -2.43. The fourth-order valence-corrected chi connectivity index (χ4v) is 4.82. The van der Waals surface area contributed by atoms with Gasteiger partial charge in [0.1, 0.15) is 0 Å². The van der Waals surface area contributed by atoms with Crippen LogP contribution in [0.5, 0.6) is 0 Å². The first kappa shape index (κ1) is 20.3. The number of sulfonamides is 1. The number of anilines is 1. The third-order valence-electron chi connectivity index (χ3n) is 4.66. The average molecular weight is 422 g/mol. The quantitative estimate of drug-likeness (QED) is 0.772. The lowest BCUT2D eigenvalue weighted by Gasteiger charge is -2.31. The number of nitrogens with zero attached hydrogens (tertiary/aromatic N) is 1. The maximum absolute atomic E-state index is 12.9. The lowest BCUT2D eigenvalue weighted by molar-refractivity contribution is -0.120.